The number of carbonyl (C=O) groups excluding carboxylic acids is 2. The second-order valence-electron chi connectivity index (χ2n) is 3.20. The molecule has 0 aliphatic rings. The standard InChI is InChI=1S/C10H14N4O4/c1-17-10(16)9-13-3-2-8(14-9)12-4-5-18-6-7(11)15/h2-3H,4-6H2,1H3,(H2,11,15)(H,12,13,14). The Balaban J connectivity index is 2.38. The average molecular weight is 254 g/mol. The summed E-state index contributed by atoms with van der Waals surface area (Å²) in [4.78, 5) is 29.2. The Morgan fingerprint density at radius 2 is 2.28 bits per heavy atom. The number of anilines is 1. The van der Waals surface area contributed by atoms with Crippen LogP contribution in [0.15, 0.2) is 12.3 Å². The van der Waals surface area contributed by atoms with Crippen molar-refractivity contribution in [3.63, 3.8) is 0 Å². The molecular formula is C10H14N4O4. The second-order valence-corrected chi connectivity index (χ2v) is 3.20. The molecule has 0 atom stereocenters. The molecule has 1 aromatic heterocycles. The summed E-state index contributed by atoms with van der Waals surface area (Å²) in [6.07, 6.45) is 1.44. The van der Waals surface area contributed by atoms with Crippen LogP contribution in [0.4, 0.5) is 5.82 Å². The molecule has 0 aliphatic heterocycles. The van der Waals surface area contributed by atoms with Gasteiger partial charge in [-0.15, -0.1) is 0 Å². The zero-order valence-corrected chi connectivity index (χ0v) is 9.88. The lowest BCUT2D eigenvalue weighted by Crippen LogP contribution is -2.21. The van der Waals surface area contributed by atoms with E-state index in [0.717, 1.165) is 0 Å². The van der Waals surface area contributed by atoms with Gasteiger partial charge in [-0.3, -0.25) is 4.79 Å². The molecule has 3 N–H and O–H groups in total. The minimum absolute atomic E-state index is 0.0273. The van der Waals surface area contributed by atoms with E-state index in [-0.39, 0.29) is 12.4 Å². The zero-order chi connectivity index (χ0) is 13.4. The van der Waals surface area contributed by atoms with Gasteiger partial charge >= 0.3 is 5.97 Å². The minimum Gasteiger partial charge on any atom is -0.463 e. The summed E-state index contributed by atoms with van der Waals surface area (Å²) in [5.74, 6) is -0.692. The van der Waals surface area contributed by atoms with E-state index in [4.69, 9.17) is 10.5 Å². The molecule has 1 heterocycles. The number of amides is 1. The van der Waals surface area contributed by atoms with Crippen molar-refractivity contribution in [2.45, 2.75) is 0 Å². The first-order chi connectivity index (χ1) is 8.63. The SMILES string of the molecule is COC(=O)c1nccc(NCCOCC(N)=O)n1. The zero-order valence-electron chi connectivity index (χ0n) is 9.88. The van der Waals surface area contributed by atoms with Crippen LogP contribution < -0.4 is 11.1 Å². The molecule has 0 radical (unpaired) electrons. The summed E-state index contributed by atoms with van der Waals surface area (Å²) in [5.41, 5.74) is 4.90. The first kappa shape index (κ1) is 13.8. The molecular weight excluding hydrogens is 240 g/mol. The monoisotopic (exact) mass is 254 g/mol. The highest BCUT2D eigenvalue weighted by molar-refractivity contribution is 5.85. The molecule has 8 heteroatoms. The van der Waals surface area contributed by atoms with E-state index < -0.39 is 11.9 Å². The van der Waals surface area contributed by atoms with Crippen molar-refractivity contribution in [1.29, 1.82) is 0 Å². The van der Waals surface area contributed by atoms with Crippen LogP contribution in [0.5, 0.6) is 0 Å². The van der Waals surface area contributed by atoms with Gasteiger partial charge in [0.15, 0.2) is 0 Å². The number of primary amides is 1. The third-order valence-electron chi connectivity index (χ3n) is 1.82. The van der Waals surface area contributed by atoms with Gasteiger partial charge in [0.2, 0.25) is 11.7 Å². The lowest BCUT2D eigenvalue weighted by molar-refractivity contribution is -0.122. The van der Waals surface area contributed by atoms with Crippen molar-refractivity contribution < 1.29 is 19.1 Å². The number of carbonyl (C=O) groups is 2. The van der Waals surface area contributed by atoms with Crippen LogP contribution in [0.25, 0.3) is 0 Å². The largest absolute Gasteiger partial charge is 0.463 e. The molecule has 0 saturated carbocycles. The smallest absolute Gasteiger partial charge is 0.376 e. The van der Waals surface area contributed by atoms with Gasteiger partial charge in [-0.25, -0.2) is 14.8 Å². The number of hydrogen-bond donors (Lipinski definition) is 2. The van der Waals surface area contributed by atoms with Crippen LogP contribution >= 0.6 is 0 Å². The fraction of sp³-hybridized carbons (Fsp3) is 0.400. The van der Waals surface area contributed by atoms with Crippen molar-refractivity contribution >= 4 is 17.7 Å². The summed E-state index contributed by atoms with van der Waals surface area (Å²) in [7, 11) is 1.25. The lowest BCUT2D eigenvalue weighted by Gasteiger charge is -2.06. The molecule has 1 aromatic rings. The van der Waals surface area contributed by atoms with E-state index >= 15 is 0 Å². The van der Waals surface area contributed by atoms with E-state index in [9.17, 15) is 9.59 Å². The van der Waals surface area contributed by atoms with Crippen molar-refractivity contribution in [3.8, 4) is 0 Å². The fourth-order valence-corrected chi connectivity index (χ4v) is 1.07. The molecule has 98 valence electrons. The maximum Gasteiger partial charge on any atom is 0.376 e. The van der Waals surface area contributed by atoms with Crippen LogP contribution in [0.1, 0.15) is 10.6 Å². The quantitative estimate of drug-likeness (QED) is 0.482. The molecule has 1 amide bonds. The molecule has 0 saturated heterocycles. The van der Waals surface area contributed by atoms with E-state index in [1.54, 1.807) is 6.07 Å². The molecule has 1 rings (SSSR count). The average Bonchev–Trinajstić information content (AvgIpc) is 2.37. The van der Waals surface area contributed by atoms with E-state index in [1.807, 2.05) is 0 Å². The number of aromatic nitrogens is 2. The predicted molar refractivity (Wildman–Crippen MR) is 61.9 cm³/mol. The molecule has 8 nitrogen and oxygen atoms in total. The number of hydrogen-bond acceptors (Lipinski definition) is 7. The van der Waals surface area contributed by atoms with E-state index in [1.165, 1.54) is 13.3 Å². The highest BCUT2D eigenvalue weighted by atomic mass is 16.5. The summed E-state index contributed by atoms with van der Waals surface area (Å²) in [5, 5.41) is 2.90. The number of nitrogens with zero attached hydrogens (tertiary/aromatic N) is 2. The molecule has 0 spiro atoms. The third kappa shape index (κ3) is 4.74. The predicted octanol–water partition coefficient (Wildman–Crippen LogP) is -0.823. The highest BCUT2D eigenvalue weighted by Crippen LogP contribution is 2.02. The van der Waals surface area contributed by atoms with Gasteiger partial charge in [0.25, 0.3) is 0 Å². The van der Waals surface area contributed by atoms with Crippen molar-refractivity contribution in [3.05, 3.63) is 18.1 Å². The number of esters is 1. The van der Waals surface area contributed by atoms with Crippen LogP contribution in [-0.2, 0) is 14.3 Å². The van der Waals surface area contributed by atoms with Gasteiger partial charge in [-0.2, -0.15) is 0 Å². The maximum atomic E-state index is 11.2. The van der Waals surface area contributed by atoms with Crippen LogP contribution in [0.3, 0.4) is 0 Å². The van der Waals surface area contributed by atoms with E-state index in [2.05, 4.69) is 20.0 Å². The summed E-state index contributed by atoms with van der Waals surface area (Å²) in [6, 6.07) is 1.60. The Bertz CT molecular complexity index is 424. The first-order valence-electron chi connectivity index (χ1n) is 5.14. The summed E-state index contributed by atoms with van der Waals surface area (Å²) < 4.78 is 9.44. The highest BCUT2D eigenvalue weighted by Gasteiger charge is 2.08. The molecule has 0 unspecified atom stereocenters. The molecule has 0 aromatic carbocycles. The summed E-state index contributed by atoms with van der Waals surface area (Å²) >= 11 is 0. The topological polar surface area (TPSA) is 116 Å². The first-order valence-corrected chi connectivity index (χ1v) is 5.14. The van der Waals surface area contributed by atoms with Gasteiger partial charge in [0.1, 0.15) is 12.4 Å². The minimum atomic E-state index is -0.608. The Kier molecular flexibility index (Phi) is 5.52. The maximum absolute atomic E-state index is 11.2. The Labute approximate surface area is 104 Å². The summed E-state index contributed by atoms with van der Waals surface area (Å²) in [6.45, 7) is 0.588. The number of ether oxygens (including phenoxy) is 2. The molecule has 18 heavy (non-hydrogen) atoms. The van der Waals surface area contributed by atoms with E-state index in [0.29, 0.717) is 19.0 Å². The molecule has 0 fully saturated rings. The lowest BCUT2D eigenvalue weighted by atomic mass is 10.5. The number of nitrogens with one attached hydrogen (secondary N) is 1. The van der Waals surface area contributed by atoms with Gasteiger partial charge in [-0.1, -0.05) is 0 Å². The third-order valence-corrected chi connectivity index (χ3v) is 1.82. The number of nitrogens with two attached hydrogens (primary N) is 1. The number of methoxy groups -OCH3 is 1. The van der Waals surface area contributed by atoms with Gasteiger partial charge < -0.3 is 20.5 Å². The molecule has 0 bridgehead atoms. The van der Waals surface area contributed by atoms with Crippen molar-refractivity contribution in [2.24, 2.45) is 5.73 Å². The van der Waals surface area contributed by atoms with Crippen LogP contribution in [-0.4, -0.2) is 48.7 Å². The number of rotatable bonds is 7. The Morgan fingerprint density at radius 3 is 2.94 bits per heavy atom. The van der Waals surface area contributed by atoms with Gasteiger partial charge in [0.05, 0.1) is 13.7 Å². The molecule has 0 aliphatic carbocycles. The normalized spacial score (nSPS) is 9.83. The van der Waals surface area contributed by atoms with Crippen molar-refractivity contribution in [2.75, 3.05) is 32.2 Å². The fourth-order valence-electron chi connectivity index (χ4n) is 1.07. The Hall–Kier alpha value is -2.22. The van der Waals surface area contributed by atoms with Gasteiger partial charge in [0, 0.05) is 12.7 Å². The van der Waals surface area contributed by atoms with Crippen LogP contribution in [0, 0.1) is 0 Å². The Morgan fingerprint density at radius 1 is 1.50 bits per heavy atom. The second kappa shape index (κ2) is 7.17. The van der Waals surface area contributed by atoms with Crippen LogP contribution in [0.2, 0.25) is 0 Å². The van der Waals surface area contributed by atoms with Crippen molar-refractivity contribution in [1.82, 2.24) is 9.97 Å². The van der Waals surface area contributed by atoms with Gasteiger partial charge in [-0.05, 0) is 6.07 Å².